The van der Waals surface area contributed by atoms with Gasteiger partial charge in [0.2, 0.25) is 0 Å². The fourth-order valence-electron chi connectivity index (χ4n) is 4.60. The lowest BCUT2D eigenvalue weighted by Gasteiger charge is -2.33. The quantitative estimate of drug-likeness (QED) is 0.192. The maximum Gasteiger partial charge on any atom is 0.126 e. The van der Waals surface area contributed by atoms with Gasteiger partial charge in [0.05, 0.1) is 28.5 Å². The van der Waals surface area contributed by atoms with Crippen LogP contribution < -0.4 is 4.74 Å². The molecule has 0 amide bonds. The minimum atomic E-state index is -0.194. The van der Waals surface area contributed by atoms with Gasteiger partial charge in [0, 0.05) is 28.8 Å². The van der Waals surface area contributed by atoms with Crippen LogP contribution in [0.1, 0.15) is 63.9 Å². The zero-order valence-corrected chi connectivity index (χ0v) is 23.0. The van der Waals surface area contributed by atoms with E-state index >= 15 is 0 Å². The van der Waals surface area contributed by atoms with E-state index < -0.39 is 0 Å². The van der Waals surface area contributed by atoms with E-state index in [1.165, 1.54) is 27.8 Å². The van der Waals surface area contributed by atoms with Crippen LogP contribution in [0.5, 0.6) is 5.75 Å². The Morgan fingerprint density at radius 2 is 1.86 bits per heavy atom. The van der Waals surface area contributed by atoms with Crippen molar-refractivity contribution in [3.63, 3.8) is 0 Å². The van der Waals surface area contributed by atoms with Gasteiger partial charge in [-0.25, -0.2) is 15.0 Å². The van der Waals surface area contributed by atoms with Crippen molar-refractivity contribution in [3.05, 3.63) is 53.0 Å². The summed E-state index contributed by atoms with van der Waals surface area (Å²) < 4.78 is 13.1. The highest BCUT2D eigenvalue weighted by Gasteiger charge is 2.31. The van der Waals surface area contributed by atoms with Gasteiger partial charge in [-0.3, -0.25) is 0 Å². The number of benzene rings is 1. The van der Waals surface area contributed by atoms with Crippen LogP contribution in [0, 0.1) is 5.92 Å². The largest absolute Gasteiger partial charge is 0.491 e. The number of pyridine rings is 1. The van der Waals surface area contributed by atoms with E-state index in [9.17, 15) is 0 Å². The molecule has 0 spiro atoms. The molecule has 0 aliphatic carbocycles. The molecule has 0 radical (unpaired) electrons. The number of hydrogen-bond donors (Lipinski definition) is 0. The molecule has 1 aromatic carbocycles. The summed E-state index contributed by atoms with van der Waals surface area (Å²) in [6.45, 7) is 13.5. The molecule has 3 aromatic heterocycles. The molecule has 0 bridgehead atoms. The number of thiophene rings is 1. The molecular weight excluding hydrogens is 474 g/mol. The van der Waals surface area contributed by atoms with Crippen LogP contribution in [-0.4, -0.2) is 26.7 Å². The van der Waals surface area contributed by atoms with E-state index in [2.05, 4.69) is 44.8 Å². The van der Waals surface area contributed by atoms with Crippen molar-refractivity contribution in [1.29, 1.82) is 0 Å². The Morgan fingerprint density at radius 1 is 1.09 bits per heavy atom. The topological polar surface area (TPSA) is 57.1 Å². The van der Waals surface area contributed by atoms with Gasteiger partial charge >= 0.3 is 0 Å². The third kappa shape index (κ3) is 5.18. The van der Waals surface area contributed by atoms with Crippen molar-refractivity contribution >= 4 is 43.5 Å². The van der Waals surface area contributed by atoms with Crippen LogP contribution in [0.3, 0.4) is 0 Å². The van der Waals surface area contributed by atoms with Crippen molar-refractivity contribution in [3.8, 4) is 5.75 Å². The van der Waals surface area contributed by atoms with Crippen LogP contribution in [0.25, 0.3) is 20.4 Å². The average molecular weight is 508 g/mol. The molecule has 7 heteroatoms. The van der Waals surface area contributed by atoms with Crippen molar-refractivity contribution in [1.82, 2.24) is 15.0 Å². The monoisotopic (exact) mass is 507 g/mol. The number of aromatic nitrogens is 3. The number of thioether (sulfide) groups is 1. The molecule has 1 aliphatic heterocycles. The molecule has 35 heavy (non-hydrogen) atoms. The Hall–Kier alpha value is -2.22. The maximum atomic E-state index is 6.21. The first-order chi connectivity index (χ1) is 16.7. The summed E-state index contributed by atoms with van der Waals surface area (Å²) in [6.07, 6.45) is 3.71. The van der Waals surface area contributed by atoms with E-state index in [1.54, 1.807) is 29.4 Å². The molecule has 5 nitrogen and oxygen atoms in total. The van der Waals surface area contributed by atoms with Gasteiger partial charge in [0.25, 0.3) is 0 Å². The number of fused-ring (bicyclic) bond motifs is 5. The number of nitrogens with zero attached hydrogens (tertiary/aromatic N) is 3. The van der Waals surface area contributed by atoms with Crippen molar-refractivity contribution in [2.45, 2.75) is 83.5 Å². The van der Waals surface area contributed by atoms with Gasteiger partial charge in [-0.2, -0.15) is 0 Å². The Balaban J connectivity index is 1.52. The van der Waals surface area contributed by atoms with Crippen LogP contribution in [0.15, 0.2) is 35.6 Å². The van der Waals surface area contributed by atoms with Crippen LogP contribution in [-0.2, 0) is 29.9 Å². The smallest absolute Gasteiger partial charge is 0.126 e. The second-order valence-electron chi connectivity index (χ2n) is 10.6. The summed E-state index contributed by atoms with van der Waals surface area (Å²) in [5.74, 6) is 2.28. The summed E-state index contributed by atoms with van der Waals surface area (Å²) in [6, 6.07) is 8.35. The number of hydrogen-bond acceptors (Lipinski definition) is 7. The summed E-state index contributed by atoms with van der Waals surface area (Å²) in [7, 11) is 0. The molecule has 1 aliphatic rings. The normalized spacial score (nSPS) is 15.3. The molecule has 5 rings (SSSR count). The van der Waals surface area contributed by atoms with E-state index in [0.717, 1.165) is 44.4 Å². The standard InChI is InChI=1S/C28H33N3O2S2/c1-16(2)11-22-21-13-32-28(5,6)12-20(21)23-24-25(35-26(23)31-22)27(30-15-29-24)34-14-18-7-9-19(10-8-18)33-17(3)4/h7-10,15-17H,11-14H2,1-6H3. The van der Waals surface area contributed by atoms with E-state index in [0.29, 0.717) is 12.5 Å². The molecule has 0 saturated carbocycles. The Kier molecular flexibility index (Phi) is 6.77. The zero-order chi connectivity index (χ0) is 24.7. The van der Waals surface area contributed by atoms with Gasteiger partial charge in [-0.05, 0) is 63.3 Å². The predicted molar refractivity (Wildman–Crippen MR) is 146 cm³/mol. The highest BCUT2D eigenvalue weighted by Crippen LogP contribution is 2.43. The molecule has 0 fully saturated rings. The number of rotatable bonds is 7. The Bertz CT molecular complexity index is 1360. The summed E-state index contributed by atoms with van der Waals surface area (Å²) in [5, 5.41) is 2.22. The average Bonchev–Trinajstić information content (AvgIpc) is 3.16. The molecule has 4 aromatic rings. The van der Waals surface area contributed by atoms with Gasteiger partial charge in [-0.15, -0.1) is 23.1 Å². The third-order valence-electron chi connectivity index (χ3n) is 6.15. The molecule has 0 N–H and O–H groups in total. The van der Waals surface area contributed by atoms with E-state index in [1.807, 2.05) is 26.0 Å². The van der Waals surface area contributed by atoms with Crippen molar-refractivity contribution in [2.75, 3.05) is 0 Å². The lowest BCUT2D eigenvalue weighted by atomic mass is 9.88. The first-order valence-corrected chi connectivity index (χ1v) is 14.1. The van der Waals surface area contributed by atoms with Crippen molar-refractivity contribution in [2.24, 2.45) is 5.92 Å². The molecule has 0 unspecified atom stereocenters. The van der Waals surface area contributed by atoms with Crippen LogP contribution in [0.4, 0.5) is 0 Å². The minimum absolute atomic E-state index is 0.176. The first kappa shape index (κ1) is 24.5. The van der Waals surface area contributed by atoms with Crippen LogP contribution in [0.2, 0.25) is 0 Å². The van der Waals surface area contributed by atoms with E-state index in [4.69, 9.17) is 19.4 Å². The van der Waals surface area contributed by atoms with Gasteiger partial charge in [-0.1, -0.05) is 26.0 Å². The highest BCUT2D eigenvalue weighted by atomic mass is 32.2. The van der Waals surface area contributed by atoms with Gasteiger partial charge in [0.15, 0.2) is 0 Å². The molecule has 0 atom stereocenters. The van der Waals surface area contributed by atoms with Gasteiger partial charge in [0.1, 0.15) is 21.9 Å². The fraction of sp³-hybridized carbons (Fsp3) is 0.464. The lowest BCUT2D eigenvalue weighted by Crippen LogP contribution is -2.33. The maximum absolute atomic E-state index is 6.21. The second kappa shape index (κ2) is 9.68. The van der Waals surface area contributed by atoms with Crippen LogP contribution >= 0.6 is 23.1 Å². The predicted octanol–water partition coefficient (Wildman–Crippen LogP) is 7.37. The second-order valence-corrected chi connectivity index (χ2v) is 12.5. The molecule has 4 heterocycles. The van der Waals surface area contributed by atoms with E-state index in [-0.39, 0.29) is 11.7 Å². The molecular formula is C28H33N3O2S2. The summed E-state index contributed by atoms with van der Waals surface area (Å²) in [5.41, 5.74) is 5.88. The zero-order valence-electron chi connectivity index (χ0n) is 21.3. The van der Waals surface area contributed by atoms with Gasteiger partial charge < -0.3 is 9.47 Å². The lowest BCUT2D eigenvalue weighted by molar-refractivity contribution is -0.0402. The fourth-order valence-corrected chi connectivity index (χ4v) is 6.81. The highest BCUT2D eigenvalue weighted by molar-refractivity contribution is 7.98. The number of ether oxygens (including phenoxy) is 2. The first-order valence-electron chi connectivity index (χ1n) is 12.3. The third-order valence-corrected chi connectivity index (χ3v) is 8.42. The SMILES string of the molecule is CC(C)Cc1nc2sc3c(SCc4ccc(OC(C)C)cc4)ncnc3c2c2c1COC(C)(C)C2. The summed E-state index contributed by atoms with van der Waals surface area (Å²) >= 11 is 3.49. The molecule has 184 valence electrons. The summed E-state index contributed by atoms with van der Waals surface area (Å²) in [4.78, 5) is 15.7. The molecule has 0 saturated heterocycles. The Labute approximate surface area is 215 Å². The Morgan fingerprint density at radius 3 is 2.57 bits per heavy atom. The van der Waals surface area contributed by atoms with Crippen molar-refractivity contribution < 1.29 is 9.47 Å². The minimum Gasteiger partial charge on any atom is -0.491 e.